The Kier molecular flexibility index (Phi) is 5.56. The Morgan fingerprint density at radius 2 is 2.20 bits per heavy atom. The number of hydrogen-bond acceptors (Lipinski definition) is 6. The van der Waals surface area contributed by atoms with Crippen LogP contribution in [-0.4, -0.2) is 24.9 Å². The van der Waals surface area contributed by atoms with E-state index in [0.717, 1.165) is 23.0 Å². The minimum atomic E-state index is -0.0832. The van der Waals surface area contributed by atoms with E-state index in [2.05, 4.69) is 34.4 Å². The first kappa shape index (κ1) is 15.5. The van der Waals surface area contributed by atoms with Crippen molar-refractivity contribution in [2.45, 2.75) is 44.2 Å². The van der Waals surface area contributed by atoms with Crippen LogP contribution in [0.3, 0.4) is 0 Å². The topological polar surface area (TPSA) is 63.8 Å². The molecule has 0 aromatic carbocycles. The molecule has 0 atom stereocenters. The second kappa shape index (κ2) is 7.19. The number of aromatic nitrogens is 4. The molecule has 20 heavy (non-hydrogen) atoms. The lowest BCUT2D eigenvalue weighted by atomic mass is 10.1. The zero-order valence-corrected chi connectivity index (χ0v) is 13.7. The minimum absolute atomic E-state index is 0.0832. The van der Waals surface area contributed by atoms with Crippen molar-refractivity contribution >= 4 is 23.1 Å². The van der Waals surface area contributed by atoms with Crippen LogP contribution in [0.1, 0.15) is 36.8 Å². The summed E-state index contributed by atoms with van der Waals surface area (Å²) in [5, 5.41) is 21.2. The van der Waals surface area contributed by atoms with Gasteiger partial charge in [0.25, 0.3) is 0 Å². The maximum atomic E-state index is 9.08. The highest BCUT2D eigenvalue weighted by Gasteiger charge is 2.10. The van der Waals surface area contributed by atoms with Crippen LogP contribution < -0.4 is 0 Å². The molecule has 7 heteroatoms. The summed E-state index contributed by atoms with van der Waals surface area (Å²) in [6.45, 7) is 4.38. The van der Waals surface area contributed by atoms with Gasteiger partial charge in [0.1, 0.15) is 6.61 Å². The molecule has 0 aliphatic rings. The normalized spacial score (nSPS) is 11.4. The zero-order valence-electron chi connectivity index (χ0n) is 12.0. The monoisotopic (exact) mass is 312 g/mol. The molecule has 5 nitrogen and oxygen atoms in total. The summed E-state index contributed by atoms with van der Waals surface area (Å²) < 4.78 is 1.82. The Morgan fingerprint density at radius 1 is 1.40 bits per heavy atom. The molecule has 0 saturated carbocycles. The third-order valence-corrected chi connectivity index (χ3v) is 4.96. The predicted molar refractivity (Wildman–Crippen MR) is 81.8 cm³/mol. The summed E-state index contributed by atoms with van der Waals surface area (Å²) in [6, 6.07) is 0. The zero-order chi connectivity index (χ0) is 14.5. The van der Waals surface area contributed by atoms with Crippen molar-refractivity contribution < 1.29 is 5.11 Å². The van der Waals surface area contributed by atoms with E-state index in [1.807, 2.05) is 11.6 Å². The van der Waals surface area contributed by atoms with Crippen LogP contribution in [0.5, 0.6) is 0 Å². The van der Waals surface area contributed by atoms with Gasteiger partial charge in [0.05, 0.1) is 10.7 Å². The molecule has 0 radical (unpaired) electrons. The lowest BCUT2D eigenvalue weighted by molar-refractivity contribution is 0.266. The number of thiazole rings is 1. The van der Waals surface area contributed by atoms with Gasteiger partial charge in [0, 0.05) is 18.2 Å². The van der Waals surface area contributed by atoms with Crippen LogP contribution in [-0.2, 0) is 25.8 Å². The molecule has 0 spiro atoms. The number of aliphatic hydroxyl groups excluding tert-OH is 1. The lowest BCUT2D eigenvalue weighted by Gasteiger charge is -2.01. The van der Waals surface area contributed by atoms with E-state index >= 15 is 0 Å². The third-order valence-electron chi connectivity index (χ3n) is 2.95. The smallest absolute Gasteiger partial charge is 0.191 e. The van der Waals surface area contributed by atoms with Gasteiger partial charge >= 0.3 is 0 Å². The number of thioether (sulfide) groups is 1. The second-order valence-corrected chi connectivity index (χ2v) is 6.95. The number of nitrogens with zero attached hydrogens (tertiary/aromatic N) is 4. The van der Waals surface area contributed by atoms with E-state index in [4.69, 9.17) is 5.11 Å². The first-order valence-corrected chi connectivity index (χ1v) is 8.52. The Labute approximate surface area is 127 Å². The molecule has 0 aliphatic heterocycles. The summed E-state index contributed by atoms with van der Waals surface area (Å²) in [5.74, 6) is 2.09. The number of rotatable bonds is 7. The predicted octanol–water partition coefficient (Wildman–Crippen LogP) is 2.64. The summed E-state index contributed by atoms with van der Waals surface area (Å²) >= 11 is 3.33. The van der Waals surface area contributed by atoms with Crippen molar-refractivity contribution in [3.05, 3.63) is 21.9 Å². The first-order chi connectivity index (χ1) is 9.60. The number of aliphatic hydroxyl groups is 1. The SMILES string of the molecule is CC(C)CCc1nc(CSc2nnc(CO)n2C)cs1. The lowest BCUT2D eigenvalue weighted by Crippen LogP contribution is -1.98. The molecular formula is C13H20N4OS2. The van der Waals surface area contributed by atoms with Gasteiger partial charge < -0.3 is 9.67 Å². The van der Waals surface area contributed by atoms with Gasteiger partial charge in [-0.15, -0.1) is 21.5 Å². The molecule has 2 rings (SSSR count). The van der Waals surface area contributed by atoms with Gasteiger partial charge in [-0.2, -0.15) is 0 Å². The maximum Gasteiger partial charge on any atom is 0.191 e. The van der Waals surface area contributed by atoms with E-state index in [0.29, 0.717) is 11.7 Å². The number of aryl methyl sites for hydroxylation is 1. The molecule has 2 heterocycles. The maximum absolute atomic E-state index is 9.08. The standard InChI is InChI=1S/C13H20N4OS2/c1-9(2)4-5-12-14-10(7-19-12)8-20-13-16-15-11(6-18)17(13)3/h7,9,18H,4-6,8H2,1-3H3. The van der Waals surface area contributed by atoms with Crippen molar-refractivity contribution in [1.82, 2.24) is 19.7 Å². The van der Waals surface area contributed by atoms with Crippen LogP contribution in [0, 0.1) is 5.92 Å². The van der Waals surface area contributed by atoms with Crippen molar-refractivity contribution in [1.29, 1.82) is 0 Å². The highest BCUT2D eigenvalue weighted by molar-refractivity contribution is 7.98. The molecule has 2 aromatic rings. The highest BCUT2D eigenvalue weighted by atomic mass is 32.2. The molecule has 0 saturated heterocycles. The van der Waals surface area contributed by atoms with Gasteiger partial charge in [-0.25, -0.2) is 4.98 Å². The molecule has 0 bridgehead atoms. The van der Waals surface area contributed by atoms with Crippen LogP contribution in [0.15, 0.2) is 10.5 Å². The van der Waals surface area contributed by atoms with Crippen LogP contribution >= 0.6 is 23.1 Å². The third kappa shape index (κ3) is 4.04. The molecule has 0 amide bonds. The summed E-state index contributed by atoms with van der Waals surface area (Å²) in [7, 11) is 1.86. The Hall–Kier alpha value is -0.920. The largest absolute Gasteiger partial charge is 0.388 e. The minimum Gasteiger partial charge on any atom is -0.388 e. The fourth-order valence-corrected chi connectivity index (χ4v) is 3.43. The summed E-state index contributed by atoms with van der Waals surface area (Å²) in [5.41, 5.74) is 1.09. The van der Waals surface area contributed by atoms with Gasteiger partial charge in [0.2, 0.25) is 0 Å². The number of hydrogen-bond donors (Lipinski definition) is 1. The van der Waals surface area contributed by atoms with Crippen LogP contribution in [0.4, 0.5) is 0 Å². The Balaban J connectivity index is 1.89. The molecule has 0 unspecified atom stereocenters. The Morgan fingerprint density at radius 3 is 2.85 bits per heavy atom. The van der Waals surface area contributed by atoms with Crippen molar-refractivity contribution in [3.63, 3.8) is 0 Å². The van der Waals surface area contributed by atoms with Crippen molar-refractivity contribution in [2.75, 3.05) is 0 Å². The van der Waals surface area contributed by atoms with E-state index < -0.39 is 0 Å². The van der Waals surface area contributed by atoms with Crippen molar-refractivity contribution in [2.24, 2.45) is 13.0 Å². The van der Waals surface area contributed by atoms with E-state index in [1.165, 1.54) is 11.4 Å². The van der Waals surface area contributed by atoms with E-state index in [1.54, 1.807) is 23.1 Å². The molecule has 0 aliphatic carbocycles. The molecule has 1 N–H and O–H groups in total. The summed E-state index contributed by atoms with van der Waals surface area (Å²) in [4.78, 5) is 4.64. The van der Waals surface area contributed by atoms with Gasteiger partial charge in [-0.1, -0.05) is 25.6 Å². The first-order valence-electron chi connectivity index (χ1n) is 6.65. The summed E-state index contributed by atoms with van der Waals surface area (Å²) in [6.07, 6.45) is 2.24. The van der Waals surface area contributed by atoms with Crippen molar-refractivity contribution in [3.8, 4) is 0 Å². The second-order valence-electron chi connectivity index (χ2n) is 5.07. The van der Waals surface area contributed by atoms with Gasteiger partial charge in [-0.3, -0.25) is 0 Å². The Bertz CT molecular complexity index is 550. The van der Waals surface area contributed by atoms with Crippen LogP contribution in [0.25, 0.3) is 0 Å². The highest BCUT2D eigenvalue weighted by Crippen LogP contribution is 2.23. The van der Waals surface area contributed by atoms with E-state index in [9.17, 15) is 0 Å². The van der Waals surface area contributed by atoms with E-state index in [-0.39, 0.29) is 6.61 Å². The molecular weight excluding hydrogens is 292 g/mol. The molecule has 110 valence electrons. The van der Waals surface area contributed by atoms with Crippen LogP contribution in [0.2, 0.25) is 0 Å². The van der Waals surface area contributed by atoms with Gasteiger partial charge in [-0.05, 0) is 18.8 Å². The average molecular weight is 312 g/mol. The fourth-order valence-electron chi connectivity index (χ4n) is 1.69. The molecule has 2 aromatic heterocycles. The molecule has 0 fully saturated rings. The average Bonchev–Trinajstić information content (AvgIpc) is 3.01. The fraction of sp³-hybridized carbons (Fsp3) is 0.615. The van der Waals surface area contributed by atoms with Gasteiger partial charge in [0.15, 0.2) is 11.0 Å². The quantitative estimate of drug-likeness (QED) is 0.796.